The number of carbonyl (C=O) groups is 2. The topological polar surface area (TPSA) is 107 Å². The van der Waals surface area contributed by atoms with E-state index < -0.39 is 6.04 Å². The van der Waals surface area contributed by atoms with E-state index in [-0.39, 0.29) is 11.8 Å². The number of carbonyl (C=O) groups excluding carboxylic acids is 2. The number of nitrogens with zero attached hydrogens (tertiary/aromatic N) is 3. The molecule has 2 aromatic heterocycles. The summed E-state index contributed by atoms with van der Waals surface area (Å²) < 4.78 is 0. The van der Waals surface area contributed by atoms with Crippen molar-refractivity contribution in [2.45, 2.75) is 38.6 Å². The Labute approximate surface area is 241 Å². The van der Waals surface area contributed by atoms with Crippen molar-refractivity contribution < 1.29 is 9.59 Å². The first-order valence-corrected chi connectivity index (χ1v) is 14.1. The molecule has 1 aliphatic heterocycles. The van der Waals surface area contributed by atoms with Crippen LogP contribution in [0.15, 0.2) is 54.6 Å². The Bertz CT molecular complexity index is 1740. The van der Waals surface area contributed by atoms with Crippen molar-refractivity contribution in [2.24, 2.45) is 0 Å². The smallest absolute Gasteiger partial charge is 0.254 e. The molecule has 0 saturated carbocycles. The molecule has 3 N–H and O–H groups in total. The minimum atomic E-state index is -0.429. The molecule has 1 fully saturated rings. The van der Waals surface area contributed by atoms with E-state index in [1.165, 1.54) is 0 Å². The second-order valence-corrected chi connectivity index (χ2v) is 11.1. The molecular weight excluding hydrogens is 547 g/mol. The summed E-state index contributed by atoms with van der Waals surface area (Å²) in [7, 11) is 0. The quantitative estimate of drug-likeness (QED) is 0.209. The van der Waals surface area contributed by atoms with E-state index in [1.807, 2.05) is 42.2 Å². The van der Waals surface area contributed by atoms with Crippen LogP contribution in [0.2, 0.25) is 10.0 Å². The molecule has 3 aromatic carbocycles. The minimum absolute atomic E-state index is 0.0212. The highest BCUT2D eigenvalue weighted by Gasteiger charge is 2.23. The third-order valence-corrected chi connectivity index (χ3v) is 7.84. The van der Waals surface area contributed by atoms with Crippen molar-refractivity contribution in [2.75, 3.05) is 13.1 Å². The van der Waals surface area contributed by atoms with Gasteiger partial charge in [-0.2, -0.15) is 0 Å². The van der Waals surface area contributed by atoms with Crippen molar-refractivity contribution in [3.05, 3.63) is 93.0 Å². The third kappa shape index (κ3) is 5.42. The molecule has 2 amide bonds. The molecule has 1 aliphatic rings. The molecule has 6 rings (SSSR count). The number of H-pyrrole nitrogens is 2. The summed E-state index contributed by atoms with van der Waals surface area (Å²) in [5.74, 6) is 1.19. The van der Waals surface area contributed by atoms with Crippen LogP contribution in [-0.2, 0) is 6.42 Å². The summed E-state index contributed by atoms with van der Waals surface area (Å²) in [6.45, 7) is 3.43. The number of amides is 2. The predicted molar refractivity (Wildman–Crippen MR) is 157 cm³/mol. The van der Waals surface area contributed by atoms with Crippen LogP contribution in [0.25, 0.3) is 22.1 Å². The Morgan fingerprint density at radius 1 is 0.925 bits per heavy atom. The van der Waals surface area contributed by atoms with Gasteiger partial charge in [-0.3, -0.25) is 9.59 Å². The number of fused-ring (bicyclic) bond motifs is 2. The molecule has 1 unspecified atom stereocenters. The Morgan fingerprint density at radius 3 is 2.30 bits per heavy atom. The van der Waals surface area contributed by atoms with Crippen molar-refractivity contribution in [3.63, 3.8) is 0 Å². The number of imidazole rings is 2. The number of likely N-dealkylation sites (tertiary alicyclic amines) is 1. The second-order valence-electron chi connectivity index (χ2n) is 10.2. The monoisotopic (exact) mass is 574 g/mol. The van der Waals surface area contributed by atoms with Gasteiger partial charge in [0.2, 0.25) is 0 Å². The summed E-state index contributed by atoms with van der Waals surface area (Å²) in [5, 5.41) is 4.38. The van der Waals surface area contributed by atoms with Gasteiger partial charge >= 0.3 is 0 Å². The van der Waals surface area contributed by atoms with Crippen LogP contribution in [0.1, 0.15) is 63.2 Å². The Hall–Kier alpha value is -3.88. The molecule has 0 radical (unpaired) electrons. The van der Waals surface area contributed by atoms with Gasteiger partial charge in [0, 0.05) is 40.7 Å². The van der Waals surface area contributed by atoms with Crippen molar-refractivity contribution >= 4 is 57.1 Å². The number of hydrogen-bond acceptors (Lipinski definition) is 4. The van der Waals surface area contributed by atoms with E-state index in [0.717, 1.165) is 59.4 Å². The van der Waals surface area contributed by atoms with E-state index in [1.54, 1.807) is 24.3 Å². The Kier molecular flexibility index (Phi) is 7.21. The van der Waals surface area contributed by atoms with Gasteiger partial charge in [-0.1, -0.05) is 23.2 Å². The number of aryl methyl sites for hydroxylation is 2. The maximum Gasteiger partial charge on any atom is 0.254 e. The highest BCUT2D eigenvalue weighted by Crippen LogP contribution is 2.25. The zero-order valence-electron chi connectivity index (χ0n) is 21.9. The van der Waals surface area contributed by atoms with E-state index in [9.17, 15) is 9.59 Å². The average molecular weight is 575 g/mol. The molecule has 1 atom stereocenters. The van der Waals surface area contributed by atoms with Crippen LogP contribution < -0.4 is 5.32 Å². The van der Waals surface area contributed by atoms with E-state index >= 15 is 0 Å². The van der Waals surface area contributed by atoms with Gasteiger partial charge < -0.3 is 20.2 Å². The third-order valence-electron chi connectivity index (χ3n) is 7.37. The SMILES string of the molecule is Cc1cc(C(=O)NC(CCc2nc3ccc(Cl)cc3[nH]2)c2nc3ccc(Cl)cc3[nH]2)ccc1C(=O)N1CCCC1. The number of benzene rings is 3. The van der Waals surface area contributed by atoms with Gasteiger partial charge in [-0.25, -0.2) is 9.97 Å². The Balaban J connectivity index is 1.25. The van der Waals surface area contributed by atoms with Crippen LogP contribution in [0, 0.1) is 6.92 Å². The average Bonchev–Trinajstić information content (AvgIpc) is 3.69. The maximum absolute atomic E-state index is 13.5. The van der Waals surface area contributed by atoms with Gasteiger partial charge in [-0.05, 0) is 86.3 Å². The van der Waals surface area contributed by atoms with Crippen LogP contribution >= 0.6 is 23.2 Å². The molecule has 40 heavy (non-hydrogen) atoms. The normalized spacial score (nSPS) is 14.2. The maximum atomic E-state index is 13.5. The summed E-state index contributed by atoms with van der Waals surface area (Å²) in [4.78, 5) is 44.3. The zero-order chi connectivity index (χ0) is 27.8. The highest BCUT2D eigenvalue weighted by molar-refractivity contribution is 6.31. The van der Waals surface area contributed by atoms with Crippen LogP contribution in [0.5, 0.6) is 0 Å². The van der Waals surface area contributed by atoms with E-state index in [0.29, 0.717) is 39.8 Å². The molecule has 0 bridgehead atoms. The first kappa shape index (κ1) is 26.3. The molecule has 0 aliphatic carbocycles. The molecule has 8 nitrogen and oxygen atoms in total. The largest absolute Gasteiger partial charge is 0.342 e. The molecule has 0 spiro atoms. The van der Waals surface area contributed by atoms with Crippen LogP contribution in [0.4, 0.5) is 0 Å². The Morgan fingerprint density at radius 2 is 1.60 bits per heavy atom. The number of hydrogen-bond donors (Lipinski definition) is 3. The van der Waals surface area contributed by atoms with Crippen molar-refractivity contribution in [1.29, 1.82) is 0 Å². The van der Waals surface area contributed by atoms with Crippen LogP contribution in [-0.4, -0.2) is 49.7 Å². The fourth-order valence-electron chi connectivity index (χ4n) is 5.26. The second kappa shape index (κ2) is 10.9. The lowest BCUT2D eigenvalue weighted by atomic mass is 10.0. The van der Waals surface area contributed by atoms with E-state index in [2.05, 4.69) is 20.3 Å². The fraction of sp³-hybridized carbons (Fsp3) is 0.267. The minimum Gasteiger partial charge on any atom is -0.342 e. The summed E-state index contributed by atoms with van der Waals surface area (Å²) in [5.41, 5.74) is 5.14. The van der Waals surface area contributed by atoms with Gasteiger partial charge in [-0.15, -0.1) is 0 Å². The van der Waals surface area contributed by atoms with Gasteiger partial charge in [0.25, 0.3) is 11.8 Å². The summed E-state index contributed by atoms with van der Waals surface area (Å²) >= 11 is 12.3. The van der Waals surface area contributed by atoms with E-state index in [4.69, 9.17) is 28.2 Å². The zero-order valence-corrected chi connectivity index (χ0v) is 23.4. The van der Waals surface area contributed by atoms with Gasteiger partial charge in [0.1, 0.15) is 11.6 Å². The first-order chi connectivity index (χ1) is 19.3. The number of aromatic nitrogens is 4. The number of aromatic amines is 2. The predicted octanol–water partition coefficient (Wildman–Crippen LogP) is 6.39. The molecular formula is C30H28Cl2N6O2. The van der Waals surface area contributed by atoms with Crippen molar-refractivity contribution in [3.8, 4) is 0 Å². The van der Waals surface area contributed by atoms with Crippen LogP contribution in [0.3, 0.4) is 0 Å². The summed E-state index contributed by atoms with van der Waals surface area (Å²) in [6, 6.07) is 15.8. The molecule has 5 aromatic rings. The first-order valence-electron chi connectivity index (χ1n) is 13.3. The van der Waals surface area contributed by atoms with Gasteiger partial charge in [0.05, 0.1) is 28.1 Å². The molecule has 10 heteroatoms. The van der Waals surface area contributed by atoms with Crippen molar-refractivity contribution in [1.82, 2.24) is 30.2 Å². The summed E-state index contributed by atoms with van der Waals surface area (Å²) in [6.07, 6.45) is 3.17. The number of rotatable bonds is 7. The molecule has 204 valence electrons. The number of nitrogens with one attached hydrogen (secondary N) is 3. The molecule has 3 heterocycles. The van der Waals surface area contributed by atoms with Gasteiger partial charge in [0.15, 0.2) is 0 Å². The lowest BCUT2D eigenvalue weighted by molar-refractivity contribution is 0.0791. The standard InChI is InChI=1S/C30H28Cl2N6O2/c1-17-14-18(4-7-21(17)30(40)38-12-2-3-13-38)29(39)37-24(28-35-23-9-6-20(32)16-26(23)36-28)10-11-27-33-22-8-5-19(31)15-25(22)34-27/h4-9,14-16,24H,2-3,10-13H2,1H3,(H,33,34)(H,35,36)(H,37,39). The molecule has 1 saturated heterocycles. The lowest BCUT2D eigenvalue weighted by Gasteiger charge is -2.18. The fourth-order valence-corrected chi connectivity index (χ4v) is 5.60. The number of halogens is 2. The highest BCUT2D eigenvalue weighted by atomic mass is 35.5. The lowest BCUT2D eigenvalue weighted by Crippen LogP contribution is -2.30.